The Bertz CT molecular complexity index is 512. The number of hydrogen-bond acceptors (Lipinski definition) is 4. The minimum atomic E-state index is -3.14. The zero-order valence-electron chi connectivity index (χ0n) is 9.95. The largest absolute Gasteiger partial charge is 0.466 e. The van der Waals surface area contributed by atoms with Crippen LogP contribution in [0.15, 0.2) is 12.1 Å². The first-order chi connectivity index (χ1) is 8.99. The predicted molar refractivity (Wildman–Crippen MR) is 58.1 cm³/mol. The highest BCUT2D eigenvalue weighted by Crippen LogP contribution is 2.27. The summed E-state index contributed by atoms with van der Waals surface area (Å²) in [5.41, 5.74) is -0.757. The van der Waals surface area contributed by atoms with Crippen LogP contribution in [0.4, 0.5) is 13.2 Å². The van der Waals surface area contributed by atoms with Crippen LogP contribution in [-0.4, -0.2) is 19.2 Å². The van der Waals surface area contributed by atoms with Gasteiger partial charge >= 0.3 is 12.6 Å². The third-order valence-corrected chi connectivity index (χ3v) is 2.17. The van der Waals surface area contributed by atoms with Crippen LogP contribution in [0.2, 0.25) is 0 Å². The average molecular weight is 273 g/mol. The van der Waals surface area contributed by atoms with Gasteiger partial charge in [-0.15, -0.1) is 0 Å². The van der Waals surface area contributed by atoms with E-state index in [9.17, 15) is 18.0 Å². The van der Waals surface area contributed by atoms with E-state index in [1.165, 1.54) is 6.07 Å². The van der Waals surface area contributed by atoms with E-state index < -0.39 is 36.1 Å². The van der Waals surface area contributed by atoms with E-state index >= 15 is 0 Å². The van der Waals surface area contributed by atoms with Crippen molar-refractivity contribution >= 4 is 5.97 Å². The molecule has 0 amide bonds. The lowest BCUT2D eigenvalue weighted by atomic mass is 10.0. The van der Waals surface area contributed by atoms with E-state index in [0.29, 0.717) is 0 Å². The summed E-state index contributed by atoms with van der Waals surface area (Å²) in [6.45, 7) is -1.50. The number of ether oxygens (including phenoxy) is 2. The SMILES string of the molecule is CCOC(=O)Cc1c(OC(F)F)ccc(F)c1C#N. The van der Waals surface area contributed by atoms with Crippen molar-refractivity contribution in [3.05, 3.63) is 29.1 Å². The molecule has 0 aromatic heterocycles. The number of carbonyl (C=O) groups excluding carboxylic acids is 1. The van der Waals surface area contributed by atoms with Gasteiger partial charge in [-0.05, 0) is 19.1 Å². The molecule has 0 radical (unpaired) electrons. The van der Waals surface area contributed by atoms with E-state index in [2.05, 4.69) is 9.47 Å². The normalized spacial score (nSPS) is 10.1. The molecule has 0 bridgehead atoms. The van der Waals surface area contributed by atoms with E-state index in [1.54, 1.807) is 6.92 Å². The number of esters is 1. The van der Waals surface area contributed by atoms with Gasteiger partial charge in [0.2, 0.25) is 0 Å². The van der Waals surface area contributed by atoms with Crippen LogP contribution in [0.1, 0.15) is 18.1 Å². The number of carbonyl (C=O) groups is 1. The van der Waals surface area contributed by atoms with Gasteiger partial charge in [-0.3, -0.25) is 4.79 Å². The minimum Gasteiger partial charge on any atom is -0.466 e. The number of rotatable bonds is 5. The molecule has 0 spiro atoms. The first-order valence-electron chi connectivity index (χ1n) is 5.31. The molecule has 0 unspecified atom stereocenters. The van der Waals surface area contributed by atoms with Crippen molar-refractivity contribution in [3.63, 3.8) is 0 Å². The van der Waals surface area contributed by atoms with Gasteiger partial charge in [-0.25, -0.2) is 4.39 Å². The summed E-state index contributed by atoms with van der Waals surface area (Å²) >= 11 is 0. The van der Waals surface area contributed by atoms with Crippen LogP contribution in [0.25, 0.3) is 0 Å². The summed E-state index contributed by atoms with van der Waals surface area (Å²) in [5.74, 6) is -2.09. The average Bonchev–Trinajstić information content (AvgIpc) is 2.33. The van der Waals surface area contributed by atoms with E-state index in [0.717, 1.165) is 12.1 Å². The monoisotopic (exact) mass is 273 g/mol. The van der Waals surface area contributed by atoms with Crippen molar-refractivity contribution in [3.8, 4) is 11.8 Å². The van der Waals surface area contributed by atoms with Crippen molar-refractivity contribution in [2.24, 2.45) is 0 Å². The standard InChI is InChI=1S/C12H10F3NO3/c1-2-18-11(17)5-7-8(6-16)9(13)3-4-10(7)19-12(14)15/h3-4,12H,2,5H2,1H3. The van der Waals surface area contributed by atoms with Crippen molar-refractivity contribution in [1.29, 1.82) is 5.26 Å². The maximum atomic E-state index is 13.4. The first kappa shape index (κ1) is 14.8. The van der Waals surface area contributed by atoms with Crippen LogP contribution in [0.3, 0.4) is 0 Å². The van der Waals surface area contributed by atoms with Gasteiger partial charge in [0, 0.05) is 5.56 Å². The van der Waals surface area contributed by atoms with Gasteiger partial charge in [-0.1, -0.05) is 0 Å². The third kappa shape index (κ3) is 3.88. The van der Waals surface area contributed by atoms with Gasteiger partial charge < -0.3 is 9.47 Å². The molecule has 0 N–H and O–H groups in total. The summed E-state index contributed by atoms with van der Waals surface area (Å²) in [4.78, 5) is 11.3. The maximum Gasteiger partial charge on any atom is 0.387 e. The zero-order chi connectivity index (χ0) is 14.4. The lowest BCUT2D eigenvalue weighted by Crippen LogP contribution is -2.13. The fourth-order valence-electron chi connectivity index (χ4n) is 1.46. The molecule has 4 nitrogen and oxygen atoms in total. The summed E-state index contributed by atoms with van der Waals surface area (Å²) in [6.07, 6.45) is -0.517. The zero-order valence-corrected chi connectivity index (χ0v) is 9.95. The number of nitriles is 1. The van der Waals surface area contributed by atoms with E-state index in [-0.39, 0.29) is 12.2 Å². The number of alkyl halides is 2. The Balaban J connectivity index is 3.18. The fourth-order valence-corrected chi connectivity index (χ4v) is 1.46. The fraction of sp³-hybridized carbons (Fsp3) is 0.333. The molecular weight excluding hydrogens is 263 g/mol. The second-order valence-corrected chi connectivity index (χ2v) is 3.37. The molecule has 0 atom stereocenters. The van der Waals surface area contributed by atoms with Crippen LogP contribution in [0.5, 0.6) is 5.75 Å². The molecule has 0 heterocycles. The second kappa shape index (κ2) is 6.64. The summed E-state index contributed by atoms with van der Waals surface area (Å²) in [6, 6.07) is 3.28. The minimum absolute atomic E-state index is 0.0844. The second-order valence-electron chi connectivity index (χ2n) is 3.37. The molecule has 0 aliphatic heterocycles. The summed E-state index contributed by atoms with van der Waals surface area (Å²) in [7, 11) is 0. The number of nitrogens with zero attached hydrogens (tertiary/aromatic N) is 1. The highest BCUT2D eigenvalue weighted by molar-refractivity contribution is 5.75. The van der Waals surface area contributed by atoms with Crippen LogP contribution >= 0.6 is 0 Å². The van der Waals surface area contributed by atoms with Gasteiger partial charge in [0.1, 0.15) is 17.6 Å². The van der Waals surface area contributed by atoms with Gasteiger partial charge in [-0.2, -0.15) is 14.0 Å². The molecule has 0 saturated heterocycles. The highest BCUT2D eigenvalue weighted by Gasteiger charge is 2.20. The Morgan fingerprint density at radius 1 is 1.47 bits per heavy atom. The summed E-state index contributed by atoms with van der Waals surface area (Å²) < 4.78 is 46.6. The Morgan fingerprint density at radius 2 is 2.16 bits per heavy atom. The molecule has 1 aromatic rings. The van der Waals surface area contributed by atoms with Gasteiger partial charge in [0.25, 0.3) is 0 Å². The van der Waals surface area contributed by atoms with Gasteiger partial charge in [0.05, 0.1) is 18.6 Å². The topological polar surface area (TPSA) is 59.3 Å². The first-order valence-corrected chi connectivity index (χ1v) is 5.31. The van der Waals surface area contributed by atoms with Crippen LogP contribution in [-0.2, 0) is 16.0 Å². The van der Waals surface area contributed by atoms with Crippen LogP contribution < -0.4 is 4.74 Å². The molecule has 19 heavy (non-hydrogen) atoms. The number of halogens is 3. The third-order valence-electron chi connectivity index (χ3n) is 2.17. The predicted octanol–water partition coefficient (Wildman–Crippen LogP) is 2.40. The smallest absolute Gasteiger partial charge is 0.387 e. The van der Waals surface area contributed by atoms with E-state index in [1.807, 2.05) is 0 Å². The molecular formula is C12H10F3NO3. The molecule has 0 aliphatic carbocycles. The molecule has 1 aromatic carbocycles. The molecule has 0 aliphatic rings. The lowest BCUT2D eigenvalue weighted by Gasteiger charge is -2.12. The molecule has 0 fully saturated rings. The molecule has 7 heteroatoms. The van der Waals surface area contributed by atoms with Crippen LogP contribution in [0, 0.1) is 17.1 Å². The van der Waals surface area contributed by atoms with Crippen molar-refractivity contribution in [1.82, 2.24) is 0 Å². The molecule has 0 saturated carbocycles. The Hall–Kier alpha value is -2.23. The van der Waals surface area contributed by atoms with Crippen molar-refractivity contribution in [2.75, 3.05) is 6.61 Å². The quantitative estimate of drug-likeness (QED) is 0.773. The Labute approximate surface area is 107 Å². The lowest BCUT2D eigenvalue weighted by molar-refractivity contribution is -0.142. The summed E-state index contributed by atoms with van der Waals surface area (Å²) in [5, 5.41) is 8.82. The van der Waals surface area contributed by atoms with E-state index in [4.69, 9.17) is 5.26 Å². The number of hydrogen-bond donors (Lipinski definition) is 0. The molecule has 1 rings (SSSR count). The van der Waals surface area contributed by atoms with Crippen molar-refractivity contribution in [2.45, 2.75) is 20.0 Å². The molecule has 102 valence electrons. The Morgan fingerprint density at radius 3 is 2.68 bits per heavy atom. The van der Waals surface area contributed by atoms with Gasteiger partial charge in [0.15, 0.2) is 0 Å². The Kier molecular flexibility index (Phi) is 5.18. The highest BCUT2D eigenvalue weighted by atomic mass is 19.3. The van der Waals surface area contributed by atoms with Crippen molar-refractivity contribution < 1.29 is 27.4 Å². The number of benzene rings is 1. The maximum absolute atomic E-state index is 13.4.